The lowest BCUT2D eigenvalue weighted by Crippen LogP contribution is -2.03. The number of benzene rings is 1. The third-order valence-corrected chi connectivity index (χ3v) is 3.43. The van der Waals surface area contributed by atoms with Gasteiger partial charge < -0.3 is 10.8 Å². The van der Waals surface area contributed by atoms with Crippen molar-refractivity contribution in [3.05, 3.63) is 28.6 Å². The minimum Gasteiger partial charge on any atom is -0.508 e. The molecular formula is C16H26FNO. The van der Waals surface area contributed by atoms with E-state index in [4.69, 9.17) is 5.73 Å². The van der Waals surface area contributed by atoms with Gasteiger partial charge in [-0.1, -0.05) is 27.2 Å². The lowest BCUT2D eigenvalue weighted by atomic mass is 9.93. The Morgan fingerprint density at radius 3 is 2.42 bits per heavy atom. The van der Waals surface area contributed by atoms with E-state index in [1.54, 1.807) is 6.07 Å². The first-order chi connectivity index (χ1) is 9.02. The summed E-state index contributed by atoms with van der Waals surface area (Å²) < 4.78 is 14.3. The molecule has 0 bridgehead atoms. The first-order valence-electron chi connectivity index (χ1n) is 7.26. The van der Waals surface area contributed by atoms with Crippen LogP contribution in [0.15, 0.2) is 6.07 Å². The van der Waals surface area contributed by atoms with Crippen molar-refractivity contribution < 1.29 is 9.50 Å². The summed E-state index contributed by atoms with van der Waals surface area (Å²) in [6.07, 6.45) is 5.05. The van der Waals surface area contributed by atoms with Gasteiger partial charge in [0, 0.05) is 5.56 Å². The molecule has 0 unspecified atom stereocenters. The van der Waals surface area contributed by atoms with E-state index in [-0.39, 0.29) is 17.5 Å². The predicted molar refractivity (Wildman–Crippen MR) is 78.1 cm³/mol. The van der Waals surface area contributed by atoms with E-state index in [1.165, 1.54) is 0 Å². The summed E-state index contributed by atoms with van der Waals surface area (Å²) in [6.45, 7) is 6.49. The maximum atomic E-state index is 14.3. The third-order valence-electron chi connectivity index (χ3n) is 3.43. The lowest BCUT2D eigenvalue weighted by molar-refractivity contribution is 0.450. The van der Waals surface area contributed by atoms with Crippen LogP contribution in [0.4, 0.5) is 4.39 Å². The highest BCUT2D eigenvalue weighted by Crippen LogP contribution is 2.35. The summed E-state index contributed by atoms with van der Waals surface area (Å²) in [5, 5.41) is 9.87. The molecule has 0 saturated heterocycles. The molecule has 0 radical (unpaired) electrons. The van der Waals surface area contributed by atoms with Crippen LogP contribution in [-0.2, 0) is 12.8 Å². The van der Waals surface area contributed by atoms with Gasteiger partial charge in [-0.15, -0.1) is 0 Å². The Morgan fingerprint density at radius 1 is 1.26 bits per heavy atom. The summed E-state index contributed by atoms with van der Waals surface area (Å²) in [7, 11) is 0. The van der Waals surface area contributed by atoms with E-state index in [0.29, 0.717) is 5.56 Å². The maximum absolute atomic E-state index is 14.3. The van der Waals surface area contributed by atoms with Crippen LogP contribution in [0.25, 0.3) is 0 Å². The fraction of sp³-hybridized carbons (Fsp3) is 0.625. The van der Waals surface area contributed by atoms with Crippen molar-refractivity contribution in [2.24, 2.45) is 5.73 Å². The van der Waals surface area contributed by atoms with Gasteiger partial charge in [-0.25, -0.2) is 4.39 Å². The fourth-order valence-corrected chi connectivity index (χ4v) is 2.58. The first-order valence-corrected chi connectivity index (χ1v) is 7.26. The molecule has 2 nitrogen and oxygen atoms in total. The van der Waals surface area contributed by atoms with Crippen LogP contribution in [-0.4, -0.2) is 11.7 Å². The van der Waals surface area contributed by atoms with E-state index in [2.05, 4.69) is 0 Å². The van der Waals surface area contributed by atoms with Crippen molar-refractivity contribution in [2.75, 3.05) is 6.54 Å². The summed E-state index contributed by atoms with van der Waals surface area (Å²) in [4.78, 5) is 0. The van der Waals surface area contributed by atoms with Crippen LogP contribution in [0.3, 0.4) is 0 Å². The number of aromatic hydroxyl groups is 1. The summed E-state index contributed by atoms with van der Waals surface area (Å²) in [5.74, 6) is 0.00797. The number of hydrogen-bond donors (Lipinski definition) is 2. The molecule has 108 valence electrons. The number of phenols is 1. The molecule has 0 atom stereocenters. The van der Waals surface area contributed by atoms with Gasteiger partial charge >= 0.3 is 0 Å². The van der Waals surface area contributed by atoms with Crippen molar-refractivity contribution in [1.82, 2.24) is 0 Å². The number of aryl methyl sites for hydroxylation is 1. The number of phenolic OH excluding ortho intramolecular Hbond substituents is 1. The average Bonchev–Trinajstić information content (AvgIpc) is 2.54. The first kappa shape index (κ1) is 16.0. The summed E-state index contributed by atoms with van der Waals surface area (Å²) in [5.41, 5.74) is 7.19. The molecule has 0 amide bonds. The molecule has 3 N–H and O–H groups in total. The van der Waals surface area contributed by atoms with Gasteiger partial charge in [0.2, 0.25) is 0 Å². The highest BCUT2D eigenvalue weighted by atomic mass is 19.1. The standard InChI is InChI=1S/C14H19FO.C2H7N/c1-9(2)13-12(16)8-10-6-4-3-5-7-11(10)14(13)15;1-2-3/h8-9,16H,3-7H2,1-2H3;2-3H2,1H3. The second-order valence-electron chi connectivity index (χ2n) is 5.38. The Hall–Kier alpha value is -1.09. The van der Waals surface area contributed by atoms with Crippen LogP contribution >= 0.6 is 0 Å². The van der Waals surface area contributed by atoms with E-state index in [1.807, 2.05) is 20.8 Å². The number of nitrogens with two attached hydrogens (primary N) is 1. The number of halogens is 1. The van der Waals surface area contributed by atoms with E-state index >= 15 is 0 Å². The van der Waals surface area contributed by atoms with Crippen molar-refractivity contribution in [2.45, 2.75) is 58.8 Å². The van der Waals surface area contributed by atoms with Gasteiger partial charge in [0.1, 0.15) is 11.6 Å². The Morgan fingerprint density at radius 2 is 1.84 bits per heavy atom. The van der Waals surface area contributed by atoms with Crippen molar-refractivity contribution in [3.63, 3.8) is 0 Å². The number of hydrogen-bond acceptors (Lipinski definition) is 2. The molecule has 1 aromatic rings. The molecule has 2 rings (SSSR count). The Balaban J connectivity index is 0.000000550. The largest absolute Gasteiger partial charge is 0.508 e. The minimum absolute atomic E-state index is 0.0357. The molecule has 0 spiro atoms. The van der Waals surface area contributed by atoms with Crippen molar-refractivity contribution >= 4 is 0 Å². The van der Waals surface area contributed by atoms with Gasteiger partial charge in [-0.2, -0.15) is 0 Å². The maximum Gasteiger partial charge on any atom is 0.133 e. The fourth-order valence-electron chi connectivity index (χ4n) is 2.58. The highest BCUT2D eigenvalue weighted by molar-refractivity contribution is 5.45. The monoisotopic (exact) mass is 267 g/mol. The minimum atomic E-state index is -0.160. The molecular weight excluding hydrogens is 241 g/mol. The molecule has 1 aromatic carbocycles. The van der Waals surface area contributed by atoms with Gasteiger partial charge in [-0.05, 0) is 55.3 Å². The normalized spacial score (nSPS) is 14.4. The van der Waals surface area contributed by atoms with Gasteiger partial charge in [0.25, 0.3) is 0 Å². The molecule has 3 heteroatoms. The zero-order chi connectivity index (χ0) is 14.4. The Kier molecular flexibility index (Phi) is 6.29. The number of rotatable bonds is 1. The third kappa shape index (κ3) is 3.93. The van der Waals surface area contributed by atoms with Crippen LogP contribution in [0, 0.1) is 5.82 Å². The molecule has 0 saturated carbocycles. The molecule has 19 heavy (non-hydrogen) atoms. The zero-order valence-corrected chi connectivity index (χ0v) is 12.3. The average molecular weight is 267 g/mol. The lowest BCUT2D eigenvalue weighted by Gasteiger charge is -2.15. The Labute approximate surface area is 115 Å². The van der Waals surface area contributed by atoms with Crippen LogP contribution in [0.2, 0.25) is 0 Å². The topological polar surface area (TPSA) is 46.2 Å². The number of fused-ring (bicyclic) bond motifs is 1. The second-order valence-corrected chi connectivity index (χ2v) is 5.38. The molecule has 0 heterocycles. The van der Waals surface area contributed by atoms with Gasteiger partial charge in [0.15, 0.2) is 0 Å². The van der Waals surface area contributed by atoms with Gasteiger partial charge in [-0.3, -0.25) is 0 Å². The quantitative estimate of drug-likeness (QED) is 0.758. The molecule has 1 aliphatic carbocycles. The van der Waals surface area contributed by atoms with E-state index in [0.717, 1.165) is 49.8 Å². The zero-order valence-electron chi connectivity index (χ0n) is 12.3. The van der Waals surface area contributed by atoms with Crippen LogP contribution in [0.5, 0.6) is 5.75 Å². The summed E-state index contributed by atoms with van der Waals surface area (Å²) >= 11 is 0. The molecule has 0 aliphatic heterocycles. The Bertz CT molecular complexity index is 416. The van der Waals surface area contributed by atoms with E-state index in [9.17, 15) is 9.50 Å². The molecule has 0 fully saturated rings. The van der Waals surface area contributed by atoms with Crippen LogP contribution < -0.4 is 5.73 Å². The van der Waals surface area contributed by atoms with Crippen LogP contribution in [0.1, 0.15) is 62.6 Å². The summed E-state index contributed by atoms with van der Waals surface area (Å²) in [6, 6.07) is 1.78. The van der Waals surface area contributed by atoms with Crippen molar-refractivity contribution in [1.29, 1.82) is 0 Å². The smallest absolute Gasteiger partial charge is 0.133 e. The molecule has 0 aromatic heterocycles. The van der Waals surface area contributed by atoms with E-state index < -0.39 is 0 Å². The van der Waals surface area contributed by atoms with Crippen molar-refractivity contribution in [3.8, 4) is 5.75 Å². The second kappa shape index (κ2) is 7.49. The van der Waals surface area contributed by atoms with Gasteiger partial charge in [0.05, 0.1) is 0 Å². The highest BCUT2D eigenvalue weighted by Gasteiger charge is 2.20. The SMILES string of the molecule is CC(C)c1c(O)cc2c(c1F)CCCCC2.CCN. The predicted octanol–water partition coefficient (Wildman–Crippen LogP) is 3.89. The molecule has 1 aliphatic rings.